The van der Waals surface area contributed by atoms with Crippen LogP contribution in [0.3, 0.4) is 0 Å². The molecule has 15 heavy (non-hydrogen) atoms. The molecule has 0 atom stereocenters. The highest BCUT2D eigenvalue weighted by molar-refractivity contribution is 8.00. The molecule has 0 aromatic heterocycles. The van der Waals surface area contributed by atoms with Gasteiger partial charge < -0.3 is 5.11 Å². The molecule has 0 saturated heterocycles. The van der Waals surface area contributed by atoms with Gasteiger partial charge >= 0.3 is 0 Å². The molecule has 1 aromatic carbocycles. The largest absolute Gasteiger partial charge is 0.392 e. The van der Waals surface area contributed by atoms with Crippen LogP contribution in [0, 0.1) is 0 Å². The molecule has 0 spiro atoms. The second-order valence-electron chi connectivity index (χ2n) is 4.14. The molecular weight excluding hydrogens is 204 g/mol. The van der Waals surface area contributed by atoms with Gasteiger partial charge in [0.15, 0.2) is 0 Å². The monoisotopic (exact) mass is 222 g/mol. The number of aliphatic hydroxyl groups is 1. The van der Waals surface area contributed by atoms with Crippen LogP contribution >= 0.6 is 11.8 Å². The average molecular weight is 222 g/mol. The maximum Gasteiger partial charge on any atom is 0.0692 e. The molecule has 82 valence electrons. The molecule has 0 radical (unpaired) electrons. The highest BCUT2D eigenvalue weighted by atomic mass is 32.2. The Morgan fingerprint density at radius 1 is 1.13 bits per heavy atom. The lowest BCUT2D eigenvalue weighted by molar-refractivity contribution is 0.279. The van der Waals surface area contributed by atoms with Crippen LogP contribution in [-0.2, 0) is 6.61 Å². The van der Waals surface area contributed by atoms with Gasteiger partial charge in [0.2, 0.25) is 0 Å². The fourth-order valence-electron chi connectivity index (χ4n) is 2.11. The maximum absolute atomic E-state index is 9.23. The molecule has 1 fully saturated rings. The molecule has 2 heteroatoms. The molecule has 0 amide bonds. The first-order valence-corrected chi connectivity index (χ1v) is 6.63. The van der Waals surface area contributed by atoms with Crippen LogP contribution in [0.15, 0.2) is 29.2 Å². The van der Waals surface area contributed by atoms with Crippen molar-refractivity contribution in [2.45, 2.75) is 48.9 Å². The lowest BCUT2D eigenvalue weighted by Crippen LogP contribution is -2.08. The van der Waals surface area contributed by atoms with Gasteiger partial charge in [-0.25, -0.2) is 0 Å². The molecule has 1 saturated carbocycles. The topological polar surface area (TPSA) is 20.2 Å². The minimum Gasteiger partial charge on any atom is -0.392 e. The predicted octanol–water partition coefficient (Wildman–Crippen LogP) is 3.60. The molecule has 0 bridgehead atoms. The van der Waals surface area contributed by atoms with E-state index >= 15 is 0 Å². The number of aliphatic hydroxyl groups excluding tert-OH is 1. The zero-order chi connectivity index (χ0) is 10.5. The molecule has 0 heterocycles. The number of thioether (sulfide) groups is 1. The Morgan fingerprint density at radius 3 is 2.60 bits per heavy atom. The van der Waals surface area contributed by atoms with E-state index in [9.17, 15) is 5.11 Å². The highest BCUT2D eigenvalue weighted by Crippen LogP contribution is 2.35. The summed E-state index contributed by atoms with van der Waals surface area (Å²) in [6.45, 7) is 0.163. The van der Waals surface area contributed by atoms with Crippen LogP contribution in [0.25, 0.3) is 0 Å². The fraction of sp³-hybridized carbons (Fsp3) is 0.538. The summed E-state index contributed by atoms with van der Waals surface area (Å²) < 4.78 is 0. The van der Waals surface area contributed by atoms with E-state index in [1.54, 1.807) is 0 Å². The summed E-state index contributed by atoms with van der Waals surface area (Å²) in [6.07, 6.45) is 6.82. The second-order valence-corrected chi connectivity index (χ2v) is 5.49. The van der Waals surface area contributed by atoms with E-state index in [1.165, 1.54) is 37.0 Å². The van der Waals surface area contributed by atoms with Gasteiger partial charge in [0, 0.05) is 10.1 Å². The van der Waals surface area contributed by atoms with Crippen molar-refractivity contribution in [1.82, 2.24) is 0 Å². The van der Waals surface area contributed by atoms with Crippen molar-refractivity contribution in [3.8, 4) is 0 Å². The van der Waals surface area contributed by atoms with Crippen molar-refractivity contribution < 1.29 is 5.11 Å². The Balaban J connectivity index is 2.02. The van der Waals surface area contributed by atoms with E-state index < -0.39 is 0 Å². The summed E-state index contributed by atoms with van der Waals surface area (Å²) in [5, 5.41) is 10.0. The van der Waals surface area contributed by atoms with Crippen LogP contribution in [0.2, 0.25) is 0 Å². The van der Waals surface area contributed by atoms with Gasteiger partial charge in [0.1, 0.15) is 0 Å². The van der Waals surface area contributed by atoms with Crippen molar-refractivity contribution in [2.24, 2.45) is 0 Å². The van der Waals surface area contributed by atoms with E-state index in [0.717, 1.165) is 10.8 Å². The van der Waals surface area contributed by atoms with Gasteiger partial charge in [-0.3, -0.25) is 0 Å². The Labute approximate surface area is 95.9 Å². The third-order valence-corrected chi connectivity index (χ3v) is 4.45. The van der Waals surface area contributed by atoms with Gasteiger partial charge in [0.05, 0.1) is 6.61 Å². The molecule has 1 aliphatic rings. The van der Waals surface area contributed by atoms with E-state index in [2.05, 4.69) is 12.1 Å². The lowest BCUT2D eigenvalue weighted by Gasteiger charge is -2.21. The van der Waals surface area contributed by atoms with Crippen molar-refractivity contribution in [2.75, 3.05) is 0 Å². The van der Waals surface area contributed by atoms with Crippen molar-refractivity contribution in [3.63, 3.8) is 0 Å². The van der Waals surface area contributed by atoms with Crippen LogP contribution < -0.4 is 0 Å². The summed E-state index contributed by atoms with van der Waals surface area (Å²) >= 11 is 1.96. The van der Waals surface area contributed by atoms with Gasteiger partial charge in [-0.1, -0.05) is 37.5 Å². The van der Waals surface area contributed by atoms with Crippen LogP contribution in [0.4, 0.5) is 0 Å². The maximum atomic E-state index is 9.23. The van der Waals surface area contributed by atoms with Crippen LogP contribution in [-0.4, -0.2) is 10.4 Å². The Hall–Kier alpha value is -0.470. The van der Waals surface area contributed by atoms with Crippen molar-refractivity contribution >= 4 is 11.8 Å². The predicted molar refractivity (Wildman–Crippen MR) is 65.1 cm³/mol. The molecule has 1 N–H and O–H groups in total. The van der Waals surface area contributed by atoms with E-state index in [0.29, 0.717) is 0 Å². The SMILES string of the molecule is OCc1ccccc1SC1CCCCC1. The standard InChI is InChI=1S/C13H18OS/c14-10-11-6-4-5-9-13(11)15-12-7-2-1-3-8-12/h4-6,9,12,14H,1-3,7-8,10H2. The van der Waals surface area contributed by atoms with E-state index in [1.807, 2.05) is 23.9 Å². The Morgan fingerprint density at radius 2 is 1.87 bits per heavy atom. The van der Waals surface area contributed by atoms with Gasteiger partial charge in [-0.05, 0) is 24.5 Å². The molecule has 1 nitrogen and oxygen atoms in total. The molecular formula is C13H18OS. The first kappa shape index (κ1) is 11.0. The summed E-state index contributed by atoms with van der Waals surface area (Å²) in [4.78, 5) is 1.27. The minimum absolute atomic E-state index is 0.163. The number of benzene rings is 1. The number of hydrogen-bond donors (Lipinski definition) is 1. The summed E-state index contributed by atoms with van der Waals surface area (Å²) in [5.74, 6) is 0. The van der Waals surface area contributed by atoms with Crippen LogP contribution in [0.1, 0.15) is 37.7 Å². The zero-order valence-electron chi connectivity index (χ0n) is 8.98. The molecule has 1 aliphatic carbocycles. The summed E-state index contributed by atoms with van der Waals surface area (Å²) in [5.41, 5.74) is 1.08. The average Bonchev–Trinajstić information content (AvgIpc) is 2.31. The number of rotatable bonds is 3. The molecule has 1 aromatic rings. The van der Waals surface area contributed by atoms with Gasteiger partial charge in [-0.2, -0.15) is 0 Å². The van der Waals surface area contributed by atoms with Gasteiger partial charge in [-0.15, -0.1) is 11.8 Å². The van der Waals surface area contributed by atoms with E-state index in [-0.39, 0.29) is 6.61 Å². The second kappa shape index (κ2) is 5.57. The third kappa shape index (κ3) is 2.99. The zero-order valence-corrected chi connectivity index (χ0v) is 9.80. The smallest absolute Gasteiger partial charge is 0.0692 e. The lowest BCUT2D eigenvalue weighted by atomic mass is 10.0. The van der Waals surface area contributed by atoms with Crippen molar-refractivity contribution in [1.29, 1.82) is 0 Å². The summed E-state index contributed by atoms with van der Waals surface area (Å²) in [6, 6.07) is 8.21. The van der Waals surface area contributed by atoms with E-state index in [4.69, 9.17) is 0 Å². The fourth-order valence-corrected chi connectivity index (χ4v) is 3.48. The highest BCUT2D eigenvalue weighted by Gasteiger charge is 2.15. The molecule has 0 aliphatic heterocycles. The normalized spacial score (nSPS) is 17.9. The Bertz CT molecular complexity index is 305. The van der Waals surface area contributed by atoms with Crippen LogP contribution in [0.5, 0.6) is 0 Å². The summed E-state index contributed by atoms with van der Waals surface area (Å²) in [7, 11) is 0. The molecule has 2 rings (SSSR count). The first-order chi connectivity index (χ1) is 7.40. The Kier molecular flexibility index (Phi) is 4.09. The minimum atomic E-state index is 0.163. The van der Waals surface area contributed by atoms with Crippen molar-refractivity contribution in [3.05, 3.63) is 29.8 Å². The first-order valence-electron chi connectivity index (χ1n) is 5.75. The van der Waals surface area contributed by atoms with Gasteiger partial charge in [0.25, 0.3) is 0 Å². The molecule has 0 unspecified atom stereocenters. The number of hydrogen-bond acceptors (Lipinski definition) is 2. The third-order valence-electron chi connectivity index (χ3n) is 2.99. The quantitative estimate of drug-likeness (QED) is 0.843.